The van der Waals surface area contributed by atoms with Gasteiger partial charge in [0.15, 0.2) is 5.69 Å². The van der Waals surface area contributed by atoms with Crippen LogP contribution >= 0.6 is 0 Å². The van der Waals surface area contributed by atoms with Crippen LogP contribution in [0, 0.1) is 0 Å². The summed E-state index contributed by atoms with van der Waals surface area (Å²) in [4.78, 5) is 19.6. The molecular weight excluding hydrogens is 234 g/mol. The average molecular weight is 247 g/mol. The van der Waals surface area contributed by atoms with E-state index in [1.54, 1.807) is 32.3 Å². The van der Waals surface area contributed by atoms with Crippen molar-refractivity contribution < 1.29 is 13.9 Å². The number of hydrogen-bond donors (Lipinski definition) is 1. The molecule has 18 heavy (non-hydrogen) atoms. The second kappa shape index (κ2) is 5.31. The highest BCUT2D eigenvalue weighted by Crippen LogP contribution is 2.20. The molecule has 0 atom stereocenters. The number of nitrogens with zero attached hydrogens (tertiary/aromatic N) is 2. The third-order valence-electron chi connectivity index (χ3n) is 2.25. The van der Waals surface area contributed by atoms with Gasteiger partial charge in [0.05, 0.1) is 6.61 Å². The summed E-state index contributed by atoms with van der Waals surface area (Å²) in [6.45, 7) is 2.04. The van der Waals surface area contributed by atoms with E-state index in [0.717, 1.165) is 5.56 Å². The number of pyridine rings is 1. The lowest BCUT2D eigenvalue weighted by molar-refractivity contribution is 0.0519. The second-order valence-electron chi connectivity index (χ2n) is 3.44. The van der Waals surface area contributed by atoms with Gasteiger partial charge in [-0.05, 0) is 19.1 Å². The highest BCUT2D eigenvalue weighted by atomic mass is 16.5. The molecule has 0 unspecified atom stereocenters. The van der Waals surface area contributed by atoms with Crippen molar-refractivity contribution in [3.63, 3.8) is 0 Å². The minimum Gasteiger partial charge on any atom is -0.461 e. The van der Waals surface area contributed by atoms with Crippen LogP contribution in [0.25, 0.3) is 11.5 Å². The molecule has 2 heterocycles. The first-order chi connectivity index (χ1) is 8.74. The Bertz CT molecular complexity index is 551. The van der Waals surface area contributed by atoms with E-state index >= 15 is 0 Å². The first kappa shape index (κ1) is 12.1. The molecule has 0 bridgehead atoms. The summed E-state index contributed by atoms with van der Waals surface area (Å²) in [5, 5.41) is 2.91. The molecule has 0 aliphatic carbocycles. The predicted molar refractivity (Wildman–Crippen MR) is 65.2 cm³/mol. The lowest BCUT2D eigenvalue weighted by Gasteiger charge is -1.99. The van der Waals surface area contributed by atoms with Crippen molar-refractivity contribution in [2.75, 3.05) is 19.0 Å². The molecule has 2 rings (SSSR count). The van der Waals surface area contributed by atoms with Gasteiger partial charge in [-0.15, -0.1) is 0 Å². The minimum absolute atomic E-state index is 0.162. The molecule has 0 radical (unpaired) electrons. The van der Waals surface area contributed by atoms with Crippen LogP contribution in [0.2, 0.25) is 0 Å². The van der Waals surface area contributed by atoms with Gasteiger partial charge in [-0.1, -0.05) is 0 Å². The first-order valence-electron chi connectivity index (χ1n) is 5.51. The fourth-order valence-corrected chi connectivity index (χ4v) is 1.41. The van der Waals surface area contributed by atoms with Gasteiger partial charge >= 0.3 is 5.97 Å². The number of nitrogens with one attached hydrogen (secondary N) is 1. The molecule has 2 aromatic heterocycles. The Labute approximate surface area is 104 Å². The standard InChI is InChI=1S/C12H13N3O3/c1-3-17-12(16)9-7-18-11(15-9)8-4-5-14-10(6-8)13-2/h4-7H,3H2,1-2H3,(H,13,14). The Morgan fingerprint density at radius 2 is 2.39 bits per heavy atom. The summed E-state index contributed by atoms with van der Waals surface area (Å²) in [6, 6.07) is 3.53. The lowest BCUT2D eigenvalue weighted by Crippen LogP contribution is -2.04. The molecule has 1 N–H and O–H groups in total. The van der Waals surface area contributed by atoms with Crippen LogP contribution < -0.4 is 5.32 Å². The van der Waals surface area contributed by atoms with Gasteiger partial charge in [0, 0.05) is 18.8 Å². The number of hydrogen-bond acceptors (Lipinski definition) is 6. The molecule has 2 aromatic rings. The number of carbonyl (C=O) groups is 1. The highest BCUT2D eigenvalue weighted by Gasteiger charge is 2.14. The van der Waals surface area contributed by atoms with Crippen LogP contribution in [-0.2, 0) is 4.74 Å². The van der Waals surface area contributed by atoms with Gasteiger partial charge < -0.3 is 14.5 Å². The fraction of sp³-hybridized carbons (Fsp3) is 0.250. The molecular formula is C12H13N3O3. The summed E-state index contributed by atoms with van der Waals surface area (Å²) >= 11 is 0. The zero-order chi connectivity index (χ0) is 13.0. The van der Waals surface area contributed by atoms with E-state index in [4.69, 9.17) is 9.15 Å². The largest absolute Gasteiger partial charge is 0.461 e. The monoisotopic (exact) mass is 247 g/mol. The lowest BCUT2D eigenvalue weighted by atomic mass is 10.2. The van der Waals surface area contributed by atoms with Gasteiger partial charge in [0.2, 0.25) is 5.89 Å². The maximum Gasteiger partial charge on any atom is 0.360 e. The van der Waals surface area contributed by atoms with E-state index in [0.29, 0.717) is 18.3 Å². The predicted octanol–water partition coefficient (Wildman–Crippen LogP) is 1.95. The molecule has 0 fully saturated rings. The van der Waals surface area contributed by atoms with Crippen molar-refractivity contribution in [3.05, 3.63) is 30.3 Å². The normalized spacial score (nSPS) is 10.1. The SMILES string of the molecule is CCOC(=O)c1coc(-c2ccnc(NC)c2)n1. The van der Waals surface area contributed by atoms with E-state index < -0.39 is 5.97 Å². The highest BCUT2D eigenvalue weighted by molar-refractivity contribution is 5.87. The number of rotatable bonds is 4. The smallest absolute Gasteiger partial charge is 0.360 e. The number of anilines is 1. The summed E-state index contributed by atoms with van der Waals surface area (Å²) in [6.07, 6.45) is 2.92. The molecule has 0 aliphatic rings. The number of esters is 1. The molecule has 0 spiro atoms. The Balaban J connectivity index is 2.26. The number of carbonyl (C=O) groups excluding carboxylic acids is 1. The molecule has 6 nitrogen and oxygen atoms in total. The quantitative estimate of drug-likeness (QED) is 0.832. The van der Waals surface area contributed by atoms with Crippen molar-refractivity contribution in [2.24, 2.45) is 0 Å². The maximum atomic E-state index is 11.4. The Hall–Kier alpha value is -2.37. The molecule has 0 amide bonds. The Morgan fingerprint density at radius 1 is 1.56 bits per heavy atom. The molecule has 0 saturated carbocycles. The summed E-state index contributed by atoms with van der Waals surface area (Å²) in [7, 11) is 1.77. The minimum atomic E-state index is -0.490. The van der Waals surface area contributed by atoms with Crippen molar-refractivity contribution in [1.82, 2.24) is 9.97 Å². The summed E-state index contributed by atoms with van der Waals surface area (Å²) in [5.41, 5.74) is 0.902. The Kier molecular flexibility index (Phi) is 3.57. The number of oxazole rings is 1. The van der Waals surface area contributed by atoms with E-state index in [1.165, 1.54) is 6.26 Å². The summed E-state index contributed by atoms with van der Waals surface area (Å²) < 4.78 is 10.1. The zero-order valence-corrected chi connectivity index (χ0v) is 10.1. The number of aromatic nitrogens is 2. The van der Waals surface area contributed by atoms with Crippen LogP contribution in [0.3, 0.4) is 0 Å². The fourth-order valence-electron chi connectivity index (χ4n) is 1.41. The first-order valence-corrected chi connectivity index (χ1v) is 5.51. The zero-order valence-electron chi connectivity index (χ0n) is 10.1. The van der Waals surface area contributed by atoms with Crippen LogP contribution in [0.5, 0.6) is 0 Å². The van der Waals surface area contributed by atoms with Gasteiger partial charge in [-0.3, -0.25) is 0 Å². The van der Waals surface area contributed by atoms with Crippen LogP contribution in [0.15, 0.2) is 29.0 Å². The van der Waals surface area contributed by atoms with Crippen molar-refractivity contribution in [1.29, 1.82) is 0 Å². The molecule has 0 saturated heterocycles. The van der Waals surface area contributed by atoms with E-state index in [-0.39, 0.29) is 5.69 Å². The topological polar surface area (TPSA) is 77.2 Å². The number of ether oxygens (including phenoxy) is 1. The van der Waals surface area contributed by atoms with E-state index in [9.17, 15) is 4.79 Å². The second-order valence-corrected chi connectivity index (χ2v) is 3.44. The summed E-state index contributed by atoms with van der Waals surface area (Å²) in [5.74, 6) is 0.565. The van der Waals surface area contributed by atoms with E-state index in [2.05, 4.69) is 15.3 Å². The Morgan fingerprint density at radius 3 is 3.11 bits per heavy atom. The third-order valence-corrected chi connectivity index (χ3v) is 2.25. The van der Waals surface area contributed by atoms with Crippen molar-refractivity contribution >= 4 is 11.8 Å². The average Bonchev–Trinajstić information content (AvgIpc) is 2.89. The van der Waals surface area contributed by atoms with Gasteiger partial charge in [0.1, 0.15) is 12.1 Å². The maximum absolute atomic E-state index is 11.4. The molecule has 0 aliphatic heterocycles. The van der Waals surface area contributed by atoms with Crippen LogP contribution in [0.1, 0.15) is 17.4 Å². The molecule has 6 heteroatoms. The van der Waals surface area contributed by atoms with E-state index in [1.807, 2.05) is 0 Å². The van der Waals surface area contributed by atoms with Crippen LogP contribution in [0.4, 0.5) is 5.82 Å². The third kappa shape index (κ3) is 2.48. The van der Waals surface area contributed by atoms with Gasteiger partial charge in [-0.2, -0.15) is 0 Å². The van der Waals surface area contributed by atoms with Gasteiger partial charge in [0.25, 0.3) is 0 Å². The molecule has 94 valence electrons. The van der Waals surface area contributed by atoms with Crippen molar-refractivity contribution in [2.45, 2.75) is 6.92 Å². The van der Waals surface area contributed by atoms with Gasteiger partial charge in [-0.25, -0.2) is 14.8 Å². The molecule has 0 aromatic carbocycles. The van der Waals surface area contributed by atoms with Crippen LogP contribution in [-0.4, -0.2) is 29.6 Å². The van der Waals surface area contributed by atoms with Crippen molar-refractivity contribution in [3.8, 4) is 11.5 Å².